The molecule has 0 bridgehead atoms. The van der Waals surface area contributed by atoms with E-state index < -0.39 is 6.29 Å². The molecule has 0 rings (SSSR count). The minimum Gasteiger partial charge on any atom is -0.391 e. The Morgan fingerprint density at radius 1 is 1.45 bits per heavy atom. The molecule has 11 heavy (non-hydrogen) atoms. The monoisotopic (exact) mass is 160 g/mol. The smallest absolute Gasteiger partial charge is 0.180 e. The molecule has 3 heteroatoms. The van der Waals surface area contributed by atoms with E-state index >= 15 is 0 Å². The third kappa shape index (κ3) is 6.04. The van der Waals surface area contributed by atoms with Crippen molar-refractivity contribution in [3.05, 3.63) is 12.2 Å². The third-order valence-electron chi connectivity index (χ3n) is 1.12. The standard InChI is InChI=1S/C8H16O3/c1-3-5-6-11-8(7-9)10-4-2/h3,5,8-9H,4,6-7H2,1-2H3. The summed E-state index contributed by atoms with van der Waals surface area (Å²) in [4.78, 5) is 0. The molecule has 66 valence electrons. The fourth-order valence-electron chi connectivity index (χ4n) is 0.599. The molecule has 1 N–H and O–H groups in total. The third-order valence-corrected chi connectivity index (χ3v) is 1.12. The van der Waals surface area contributed by atoms with Gasteiger partial charge in [0.25, 0.3) is 0 Å². The molecule has 0 fully saturated rings. The Hall–Kier alpha value is -0.380. The molecule has 0 spiro atoms. The molecule has 3 nitrogen and oxygen atoms in total. The van der Waals surface area contributed by atoms with E-state index in [4.69, 9.17) is 14.6 Å². The van der Waals surface area contributed by atoms with Gasteiger partial charge >= 0.3 is 0 Å². The number of rotatable bonds is 6. The van der Waals surface area contributed by atoms with Crippen LogP contribution in [-0.2, 0) is 9.47 Å². The SMILES string of the molecule is CC=CCOC(CO)OCC. The average Bonchev–Trinajstić information content (AvgIpc) is 2.03. The first-order valence-electron chi connectivity index (χ1n) is 3.80. The Morgan fingerprint density at radius 3 is 2.64 bits per heavy atom. The highest BCUT2D eigenvalue weighted by Gasteiger charge is 2.03. The van der Waals surface area contributed by atoms with Crippen molar-refractivity contribution >= 4 is 0 Å². The summed E-state index contributed by atoms with van der Waals surface area (Å²) < 4.78 is 10.1. The molecule has 0 saturated carbocycles. The molecule has 0 saturated heterocycles. The van der Waals surface area contributed by atoms with E-state index in [1.54, 1.807) is 0 Å². The zero-order chi connectivity index (χ0) is 8.53. The van der Waals surface area contributed by atoms with Gasteiger partial charge in [-0.15, -0.1) is 0 Å². The molecule has 0 aliphatic rings. The summed E-state index contributed by atoms with van der Waals surface area (Å²) in [5, 5.41) is 8.68. The van der Waals surface area contributed by atoms with Gasteiger partial charge in [0.15, 0.2) is 6.29 Å². The molecule has 0 aliphatic carbocycles. The van der Waals surface area contributed by atoms with E-state index in [0.29, 0.717) is 13.2 Å². The Kier molecular flexibility index (Phi) is 7.46. The van der Waals surface area contributed by atoms with E-state index in [0.717, 1.165) is 0 Å². The van der Waals surface area contributed by atoms with Crippen LogP contribution >= 0.6 is 0 Å². The minimum atomic E-state index is -0.476. The summed E-state index contributed by atoms with van der Waals surface area (Å²) in [5.41, 5.74) is 0. The Bertz CT molecular complexity index is 102. The Balaban J connectivity index is 3.35. The summed E-state index contributed by atoms with van der Waals surface area (Å²) in [5.74, 6) is 0. The number of ether oxygens (including phenoxy) is 2. The van der Waals surface area contributed by atoms with Crippen molar-refractivity contribution in [1.82, 2.24) is 0 Å². The first-order chi connectivity index (χ1) is 5.35. The molecule has 0 aliphatic heterocycles. The van der Waals surface area contributed by atoms with Crippen molar-refractivity contribution in [2.45, 2.75) is 20.1 Å². The van der Waals surface area contributed by atoms with Gasteiger partial charge in [0.05, 0.1) is 13.2 Å². The highest BCUT2D eigenvalue weighted by atomic mass is 16.7. The van der Waals surface area contributed by atoms with Crippen LogP contribution in [0, 0.1) is 0 Å². The van der Waals surface area contributed by atoms with Gasteiger partial charge in [-0.1, -0.05) is 12.2 Å². The van der Waals surface area contributed by atoms with Crippen LogP contribution in [-0.4, -0.2) is 31.2 Å². The lowest BCUT2D eigenvalue weighted by atomic mass is 10.5. The maximum absolute atomic E-state index is 8.68. The molecule has 0 heterocycles. The van der Waals surface area contributed by atoms with Gasteiger partial charge in [0.2, 0.25) is 0 Å². The highest BCUT2D eigenvalue weighted by molar-refractivity contribution is 4.75. The van der Waals surface area contributed by atoms with Crippen molar-refractivity contribution < 1.29 is 14.6 Å². The van der Waals surface area contributed by atoms with E-state index in [1.165, 1.54) is 0 Å². The second-order valence-electron chi connectivity index (χ2n) is 1.97. The molecule has 1 atom stereocenters. The highest BCUT2D eigenvalue weighted by Crippen LogP contribution is 1.93. The van der Waals surface area contributed by atoms with Crippen LogP contribution in [0.1, 0.15) is 13.8 Å². The van der Waals surface area contributed by atoms with Crippen molar-refractivity contribution in [2.75, 3.05) is 19.8 Å². The van der Waals surface area contributed by atoms with Gasteiger partial charge < -0.3 is 14.6 Å². The first kappa shape index (κ1) is 10.6. The zero-order valence-electron chi connectivity index (χ0n) is 7.12. The van der Waals surface area contributed by atoms with Gasteiger partial charge in [-0.3, -0.25) is 0 Å². The van der Waals surface area contributed by atoms with Crippen molar-refractivity contribution in [2.24, 2.45) is 0 Å². The summed E-state index contributed by atoms with van der Waals surface area (Å²) in [6.45, 7) is 4.73. The van der Waals surface area contributed by atoms with Crippen LogP contribution in [0.2, 0.25) is 0 Å². The second-order valence-corrected chi connectivity index (χ2v) is 1.97. The summed E-state index contributed by atoms with van der Waals surface area (Å²) >= 11 is 0. The lowest BCUT2D eigenvalue weighted by Crippen LogP contribution is -2.21. The van der Waals surface area contributed by atoms with Crippen LogP contribution < -0.4 is 0 Å². The minimum absolute atomic E-state index is 0.0919. The number of allylic oxidation sites excluding steroid dienone is 1. The van der Waals surface area contributed by atoms with E-state index in [2.05, 4.69) is 0 Å². The number of hydrogen-bond donors (Lipinski definition) is 1. The fraction of sp³-hybridized carbons (Fsp3) is 0.750. The van der Waals surface area contributed by atoms with Crippen molar-refractivity contribution in [3.8, 4) is 0 Å². The first-order valence-corrected chi connectivity index (χ1v) is 3.80. The van der Waals surface area contributed by atoms with Crippen LogP contribution in [0.15, 0.2) is 12.2 Å². The van der Waals surface area contributed by atoms with Gasteiger partial charge in [0.1, 0.15) is 0 Å². The normalized spacial score (nSPS) is 14.1. The van der Waals surface area contributed by atoms with Crippen molar-refractivity contribution in [1.29, 1.82) is 0 Å². The lowest BCUT2D eigenvalue weighted by molar-refractivity contribution is -0.152. The largest absolute Gasteiger partial charge is 0.391 e. The number of aliphatic hydroxyl groups excluding tert-OH is 1. The summed E-state index contributed by atoms with van der Waals surface area (Å²) in [6.07, 6.45) is 3.28. The fourth-order valence-corrected chi connectivity index (χ4v) is 0.599. The van der Waals surface area contributed by atoms with Gasteiger partial charge in [0, 0.05) is 6.61 Å². The van der Waals surface area contributed by atoms with Gasteiger partial charge in [-0.25, -0.2) is 0 Å². The lowest BCUT2D eigenvalue weighted by Gasteiger charge is -2.13. The summed E-state index contributed by atoms with van der Waals surface area (Å²) in [7, 11) is 0. The van der Waals surface area contributed by atoms with Crippen LogP contribution in [0.4, 0.5) is 0 Å². The molecular formula is C8H16O3. The quantitative estimate of drug-likeness (QED) is 0.464. The predicted molar refractivity (Wildman–Crippen MR) is 43.3 cm³/mol. The van der Waals surface area contributed by atoms with Crippen LogP contribution in [0.3, 0.4) is 0 Å². The molecule has 0 aromatic rings. The Labute approximate surface area is 67.6 Å². The van der Waals surface area contributed by atoms with E-state index in [9.17, 15) is 0 Å². The molecular weight excluding hydrogens is 144 g/mol. The van der Waals surface area contributed by atoms with E-state index in [-0.39, 0.29) is 6.61 Å². The van der Waals surface area contributed by atoms with E-state index in [1.807, 2.05) is 26.0 Å². The van der Waals surface area contributed by atoms with Gasteiger partial charge in [-0.05, 0) is 13.8 Å². The van der Waals surface area contributed by atoms with Crippen LogP contribution in [0.5, 0.6) is 0 Å². The molecule has 0 radical (unpaired) electrons. The van der Waals surface area contributed by atoms with Crippen molar-refractivity contribution in [3.63, 3.8) is 0 Å². The predicted octanol–water partition coefficient (Wildman–Crippen LogP) is 0.934. The average molecular weight is 160 g/mol. The zero-order valence-corrected chi connectivity index (χ0v) is 7.12. The summed E-state index contributed by atoms with van der Waals surface area (Å²) in [6, 6.07) is 0. The second kappa shape index (κ2) is 7.72. The molecule has 0 amide bonds. The topological polar surface area (TPSA) is 38.7 Å². The number of hydrogen-bond acceptors (Lipinski definition) is 3. The van der Waals surface area contributed by atoms with Crippen LogP contribution in [0.25, 0.3) is 0 Å². The Morgan fingerprint density at radius 2 is 2.18 bits per heavy atom. The maximum atomic E-state index is 8.68. The molecule has 0 aromatic heterocycles. The molecule has 0 aromatic carbocycles. The number of aliphatic hydroxyl groups is 1. The molecule has 1 unspecified atom stereocenters. The van der Waals surface area contributed by atoms with Gasteiger partial charge in [-0.2, -0.15) is 0 Å². The maximum Gasteiger partial charge on any atom is 0.180 e.